The van der Waals surface area contributed by atoms with E-state index in [1.165, 1.54) is 6.42 Å². The second-order valence-electron chi connectivity index (χ2n) is 4.76. The van der Waals surface area contributed by atoms with Gasteiger partial charge in [-0.2, -0.15) is 0 Å². The first kappa shape index (κ1) is 12.2. The van der Waals surface area contributed by atoms with Gasteiger partial charge in [0.1, 0.15) is 11.6 Å². The molecule has 1 unspecified atom stereocenters. The molecule has 1 aliphatic rings. The first-order valence-electron chi connectivity index (χ1n) is 6.89. The molecule has 4 nitrogen and oxygen atoms in total. The molecule has 0 saturated carbocycles. The number of rotatable bonds is 4. The fourth-order valence-electron chi connectivity index (χ4n) is 2.54. The Morgan fingerprint density at radius 2 is 2.26 bits per heavy atom. The summed E-state index contributed by atoms with van der Waals surface area (Å²) in [7, 11) is 0. The molecule has 0 aliphatic carbocycles. The first-order valence-corrected chi connectivity index (χ1v) is 6.89. The average Bonchev–Trinajstić information content (AvgIpc) is 3.11. The smallest absolute Gasteiger partial charge is 0.128 e. The van der Waals surface area contributed by atoms with Crippen molar-refractivity contribution in [3.63, 3.8) is 0 Å². The van der Waals surface area contributed by atoms with Gasteiger partial charge >= 0.3 is 0 Å². The van der Waals surface area contributed by atoms with Crippen LogP contribution in [0.15, 0.2) is 30.5 Å². The summed E-state index contributed by atoms with van der Waals surface area (Å²) in [4.78, 5) is 7.92. The molecule has 0 spiro atoms. The molecular formula is C15H19N3O. The molecule has 2 heterocycles. The zero-order valence-corrected chi connectivity index (χ0v) is 11.1. The standard InChI is InChI=1S/C15H19N3O/c1-2-19-14-8-4-3-6-11(14)13-10-17-15(18-13)12-7-5-9-16-12/h3-4,6,8,10,12,16H,2,5,7,9H2,1H3,(H,17,18). The number of nitrogens with one attached hydrogen (secondary N) is 2. The van der Waals surface area contributed by atoms with Gasteiger partial charge in [0.2, 0.25) is 0 Å². The molecule has 1 aromatic carbocycles. The lowest BCUT2D eigenvalue weighted by Crippen LogP contribution is -2.14. The highest BCUT2D eigenvalue weighted by Gasteiger charge is 2.19. The number of ether oxygens (including phenoxy) is 1. The third kappa shape index (κ3) is 2.49. The monoisotopic (exact) mass is 257 g/mol. The van der Waals surface area contributed by atoms with Crippen LogP contribution in [-0.4, -0.2) is 23.1 Å². The minimum atomic E-state index is 0.369. The van der Waals surface area contributed by atoms with E-state index in [1.54, 1.807) is 0 Å². The zero-order valence-electron chi connectivity index (χ0n) is 11.1. The Labute approximate surface area is 113 Å². The van der Waals surface area contributed by atoms with Gasteiger partial charge in [0.25, 0.3) is 0 Å². The highest BCUT2D eigenvalue weighted by atomic mass is 16.5. The van der Waals surface area contributed by atoms with E-state index in [0.29, 0.717) is 12.6 Å². The molecule has 0 bridgehead atoms. The number of hydrogen-bond acceptors (Lipinski definition) is 3. The van der Waals surface area contributed by atoms with Crippen LogP contribution in [0.3, 0.4) is 0 Å². The van der Waals surface area contributed by atoms with Crippen molar-refractivity contribution in [1.82, 2.24) is 15.3 Å². The van der Waals surface area contributed by atoms with E-state index >= 15 is 0 Å². The van der Waals surface area contributed by atoms with Crippen molar-refractivity contribution in [3.05, 3.63) is 36.3 Å². The molecule has 4 heteroatoms. The lowest BCUT2D eigenvalue weighted by atomic mass is 10.1. The summed E-state index contributed by atoms with van der Waals surface area (Å²) in [5.74, 6) is 1.93. The van der Waals surface area contributed by atoms with E-state index in [4.69, 9.17) is 4.74 Å². The fourth-order valence-corrected chi connectivity index (χ4v) is 2.54. The Balaban J connectivity index is 1.89. The van der Waals surface area contributed by atoms with Crippen LogP contribution in [0.1, 0.15) is 31.6 Å². The molecule has 1 atom stereocenters. The largest absolute Gasteiger partial charge is 0.493 e. The van der Waals surface area contributed by atoms with Crippen LogP contribution in [-0.2, 0) is 0 Å². The lowest BCUT2D eigenvalue weighted by Gasteiger charge is -2.09. The lowest BCUT2D eigenvalue weighted by molar-refractivity contribution is 0.341. The molecule has 1 aromatic heterocycles. The van der Waals surface area contributed by atoms with E-state index in [2.05, 4.69) is 21.4 Å². The number of para-hydroxylation sites is 1. The minimum Gasteiger partial charge on any atom is -0.493 e. The third-order valence-electron chi connectivity index (χ3n) is 3.46. The number of hydrogen-bond donors (Lipinski definition) is 2. The second-order valence-corrected chi connectivity index (χ2v) is 4.76. The summed E-state index contributed by atoms with van der Waals surface area (Å²) in [5.41, 5.74) is 2.09. The Kier molecular flexibility index (Phi) is 3.51. The minimum absolute atomic E-state index is 0.369. The molecular weight excluding hydrogens is 238 g/mol. The van der Waals surface area contributed by atoms with Crippen LogP contribution in [0.5, 0.6) is 5.75 Å². The topological polar surface area (TPSA) is 49.9 Å². The van der Waals surface area contributed by atoms with Crippen molar-refractivity contribution >= 4 is 0 Å². The van der Waals surface area contributed by atoms with Crippen molar-refractivity contribution in [1.29, 1.82) is 0 Å². The van der Waals surface area contributed by atoms with Gasteiger partial charge in [-0.15, -0.1) is 0 Å². The van der Waals surface area contributed by atoms with Gasteiger partial charge in [-0.25, -0.2) is 4.98 Å². The van der Waals surface area contributed by atoms with Crippen molar-refractivity contribution in [3.8, 4) is 17.0 Å². The van der Waals surface area contributed by atoms with Crippen molar-refractivity contribution in [2.45, 2.75) is 25.8 Å². The molecule has 2 N–H and O–H groups in total. The quantitative estimate of drug-likeness (QED) is 0.885. The SMILES string of the molecule is CCOc1ccccc1-c1cnc(C2CCCN2)[nH]1. The third-order valence-corrected chi connectivity index (χ3v) is 3.46. The van der Waals surface area contributed by atoms with Crippen LogP contribution in [0.2, 0.25) is 0 Å². The first-order chi connectivity index (χ1) is 9.38. The summed E-state index contributed by atoms with van der Waals surface area (Å²) in [6.45, 7) is 3.75. The van der Waals surface area contributed by atoms with Crippen LogP contribution < -0.4 is 10.1 Å². The fraction of sp³-hybridized carbons (Fsp3) is 0.400. The number of benzene rings is 1. The van der Waals surface area contributed by atoms with E-state index in [9.17, 15) is 0 Å². The number of aromatic nitrogens is 2. The molecule has 1 aliphatic heterocycles. The Bertz CT molecular complexity index is 544. The molecule has 2 aromatic rings. The molecule has 0 radical (unpaired) electrons. The molecule has 19 heavy (non-hydrogen) atoms. The summed E-state index contributed by atoms with van der Waals surface area (Å²) in [6.07, 6.45) is 4.27. The van der Waals surface area contributed by atoms with Crippen molar-refractivity contribution in [2.75, 3.05) is 13.2 Å². The van der Waals surface area contributed by atoms with Crippen LogP contribution in [0.4, 0.5) is 0 Å². The van der Waals surface area contributed by atoms with E-state index in [-0.39, 0.29) is 0 Å². The zero-order chi connectivity index (χ0) is 13.1. The number of aromatic amines is 1. The number of H-pyrrole nitrogens is 1. The molecule has 3 rings (SSSR count). The van der Waals surface area contributed by atoms with Crippen molar-refractivity contribution < 1.29 is 4.74 Å². The summed E-state index contributed by atoms with van der Waals surface area (Å²) in [5, 5.41) is 3.45. The van der Waals surface area contributed by atoms with E-state index < -0.39 is 0 Å². The summed E-state index contributed by atoms with van der Waals surface area (Å²) in [6, 6.07) is 8.43. The van der Waals surface area contributed by atoms with Gasteiger partial charge in [-0.05, 0) is 38.4 Å². The molecule has 0 amide bonds. The van der Waals surface area contributed by atoms with Gasteiger partial charge in [0.15, 0.2) is 0 Å². The van der Waals surface area contributed by atoms with Gasteiger partial charge in [-0.1, -0.05) is 12.1 Å². The molecule has 1 fully saturated rings. The van der Waals surface area contributed by atoms with Gasteiger partial charge in [-0.3, -0.25) is 0 Å². The highest BCUT2D eigenvalue weighted by Crippen LogP contribution is 2.30. The Hall–Kier alpha value is -1.81. The van der Waals surface area contributed by atoms with Crippen LogP contribution >= 0.6 is 0 Å². The maximum absolute atomic E-state index is 5.66. The van der Waals surface area contributed by atoms with E-state index in [1.807, 2.05) is 31.3 Å². The predicted molar refractivity (Wildman–Crippen MR) is 75.2 cm³/mol. The second kappa shape index (κ2) is 5.45. The van der Waals surface area contributed by atoms with Gasteiger partial charge in [0, 0.05) is 5.56 Å². The van der Waals surface area contributed by atoms with E-state index in [0.717, 1.165) is 35.8 Å². The highest BCUT2D eigenvalue weighted by molar-refractivity contribution is 5.66. The maximum Gasteiger partial charge on any atom is 0.128 e. The average molecular weight is 257 g/mol. The Morgan fingerprint density at radius 1 is 1.37 bits per heavy atom. The van der Waals surface area contributed by atoms with Crippen LogP contribution in [0, 0.1) is 0 Å². The van der Waals surface area contributed by atoms with Gasteiger partial charge < -0.3 is 15.0 Å². The summed E-state index contributed by atoms with van der Waals surface area (Å²) < 4.78 is 5.66. The summed E-state index contributed by atoms with van der Waals surface area (Å²) >= 11 is 0. The van der Waals surface area contributed by atoms with Crippen molar-refractivity contribution in [2.24, 2.45) is 0 Å². The number of imidazole rings is 1. The normalized spacial score (nSPS) is 18.7. The van der Waals surface area contributed by atoms with Gasteiger partial charge in [0.05, 0.1) is 24.5 Å². The Morgan fingerprint density at radius 3 is 3.05 bits per heavy atom. The predicted octanol–water partition coefficient (Wildman–Crippen LogP) is 2.90. The maximum atomic E-state index is 5.66. The molecule has 1 saturated heterocycles. The number of nitrogens with zero attached hydrogens (tertiary/aromatic N) is 1. The van der Waals surface area contributed by atoms with Crippen LogP contribution in [0.25, 0.3) is 11.3 Å². The molecule has 100 valence electrons.